The number of nitrogens with zero attached hydrogens (tertiary/aromatic N) is 1. The molecule has 0 aliphatic carbocycles. The number of rotatable bonds is 3. The quantitative estimate of drug-likeness (QED) is 0.739. The van der Waals surface area contributed by atoms with Crippen molar-refractivity contribution < 1.29 is 9.53 Å². The van der Waals surface area contributed by atoms with E-state index in [0.717, 1.165) is 0 Å². The van der Waals surface area contributed by atoms with Crippen molar-refractivity contribution >= 4 is 6.09 Å². The van der Waals surface area contributed by atoms with Crippen LogP contribution < -0.4 is 0 Å². The van der Waals surface area contributed by atoms with Gasteiger partial charge in [-0.25, -0.2) is 4.79 Å². The van der Waals surface area contributed by atoms with Crippen LogP contribution in [0.4, 0.5) is 4.79 Å². The lowest BCUT2D eigenvalue weighted by atomic mass is 9.85. The Hall–Kier alpha value is -0.730. The van der Waals surface area contributed by atoms with E-state index in [-0.39, 0.29) is 17.2 Å². The number of hydrogen-bond acceptors (Lipinski definition) is 2. The second-order valence-electron chi connectivity index (χ2n) is 6.01. The van der Waals surface area contributed by atoms with E-state index >= 15 is 0 Å². The van der Waals surface area contributed by atoms with Crippen molar-refractivity contribution in [1.82, 2.24) is 4.90 Å². The van der Waals surface area contributed by atoms with Crippen LogP contribution in [0.2, 0.25) is 0 Å². The van der Waals surface area contributed by atoms with Crippen molar-refractivity contribution in [2.24, 2.45) is 5.92 Å². The fourth-order valence-electron chi connectivity index (χ4n) is 1.82. The summed E-state index contributed by atoms with van der Waals surface area (Å²) in [7, 11) is 0. The summed E-state index contributed by atoms with van der Waals surface area (Å²) < 4.78 is 5.15. The van der Waals surface area contributed by atoms with Crippen LogP contribution in [0.1, 0.15) is 55.4 Å². The number of amides is 1. The van der Waals surface area contributed by atoms with Gasteiger partial charge >= 0.3 is 6.09 Å². The molecule has 0 unspecified atom stereocenters. The Morgan fingerprint density at radius 3 is 1.88 bits per heavy atom. The van der Waals surface area contributed by atoms with E-state index in [9.17, 15) is 4.79 Å². The zero-order chi connectivity index (χ0) is 13.1. The van der Waals surface area contributed by atoms with E-state index in [1.165, 1.54) is 0 Å². The molecular formula is C13H27NO2. The van der Waals surface area contributed by atoms with Crippen LogP contribution in [0, 0.1) is 5.92 Å². The van der Waals surface area contributed by atoms with Gasteiger partial charge in [0.1, 0.15) is 0 Å². The number of ether oxygens (including phenoxy) is 1. The number of hydrogen-bond donors (Lipinski definition) is 0. The molecule has 16 heavy (non-hydrogen) atoms. The van der Waals surface area contributed by atoms with Crippen LogP contribution in [-0.4, -0.2) is 28.7 Å². The van der Waals surface area contributed by atoms with Gasteiger partial charge in [-0.15, -0.1) is 0 Å². The molecule has 3 heteroatoms. The molecule has 0 atom stereocenters. The minimum absolute atomic E-state index is 0.218. The fraction of sp³-hybridized carbons (Fsp3) is 0.923. The SMILES string of the molecule is CCOC(=O)N(C(C)(C)C)C(C)(C)C(C)C. The maximum absolute atomic E-state index is 12.0. The van der Waals surface area contributed by atoms with Crippen LogP contribution >= 0.6 is 0 Å². The van der Waals surface area contributed by atoms with Gasteiger partial charge in [-0.3, -0.25) is 4.90 Å². The van der Waals surface area contributed by atoms with E-state index < -0.39 is 0 Å². The standard InChI is InChI=1S/C13H27NO2/c1-9-16-11(15)14(12(4,5)6)13(7,8)10(2)3/h10H,9H2,1-8H3. The number of carbonyl (C=O) groups is 1. The van der Waals surface area contributed by atoms with Gasteiger partial charge in [0.25, 0.3) is 0 Å². The van der Waals surface area contributed by atoms with Gasteiger partial charge in [-0.2, -0.15) is 0 Å². The Bertz CT molecular complexity index is 239. The third-order valence-corrected chi connectivity index (χ3v) is 3.11. The van der Waals surface area contributed by atoms with Crippen LogP contribution in [0.15, 0.2) is 0 Å². The third kappa shape index (κ3) is 3.39. The Labute approximate surface area is 100 Å². The predicted molar refractivity (Wildman–Crippen MR) is 67.5 cm³/mol. The lowest BCUT2D eigenvalue weighted by molar-refractivity contribution is -0.00398. The van der Waals surface area contributed by atoms with Gasteiger partial charge in [0.15, 0.2) is 0 Å². The molecule has 0 radical (unpaired) electrons. The molecule has 0 bridgehead atoms. The van der Waals surface area contributed by atoms with Gasteiger partial charge in [0, 0.05) is 11.1 Å². The van der Waals surface area contributed by atoms with Gasteiger partial charge < -0.3 is 4.74 Å². The Morgan fingerprint density at radius 2 is 1.62 bits per heavy atom. The molecule has 3 nitrogen and oxygen atoms in total. The summed E-state index contributed by atoms with van der Waals surface area (Å²) in [5.41, 5.74) is -0.454. The van der Waals surface area contributed by atoms with Gasteiger partial charge in [0.2, 0.25) is 0 Å². The summed E-state index contributed by atoms with van der Waals surface area (Å²) in [4.78, 5) is 13.9. The van der Waals surface area contributed by atoms with Crippen LogP contribution in [0.3, 0.4) is 0 Å². The zero-order valence-corrected chi connectivity index (χ0v) is 12.0. The average molecular weight is 229 g/mol. The molecule has 1 amide bonds. The van der Waals surface area contributed by atoms with Crippen LogP contribution in [0.25, 0.3) is 0 Å². The molecule has 0 aliphatic rings. The van der Waals surface area contributed by atoms with E-state index in [1.807, 2.05) is 32.6 Å². The first-order valence-corrected chi connectivity index (χ1v) is 6.02. The van der Waals surface area contributed by atoms with Crippen molar-refractivity contribution in [1.29, 1.82) is 0 Å². The van der Waals surface area contributed by atoms with Crippen molar-refractivity contribution in [3.05, 3.63) is 0 Å². The Morgan fingerprint density at radius 1 is 1.19 bits per heavy atom. The van der Waals surface area contributed by atoms with Crippen molar-refractivity contribution in [3.63, 3.8) is 0 Å². The molecule has 0 aromatic heterocycles. The zero-order valence-electron chi connectivity index (χ0n) is 12.0. The van der Waals surface area contributed by atoms with Crippen LogP contribution in [0.5, 0.6) is 0 Å². The maximum Gasteiger partial charge on any atom is 0.410 e. The molecule has 0 heterocycles. The molecule has 0 spiro atoms. The minimum atomic E-state index is -0.236. The van der Waals surface area contributed by atoms with Gasteiger partial charge in [-0.05, 0) is 47.5 Å². The summed E-state index contributed by atoms with van der Waals surface area (Å²) in [6.45, 7) is 16.8. The summed E-state index contributed by atoms with van der Waals surface area (Å²) in [5.74, 6) is 0.371. The summed E-state index contributed by atoms with van der Waals surface area (Å²) in [6.07, 6.45) is -0.228. The topological polar surface area (TPSA) is 29.5 Å². The van der Waals surface area contributed by atoms with Crippen molar-refractivity contribution in [2.75, 3.05) is 6.61 Å². The monoisotopic (exact) mass is 229 g/mol. The van der Waals surface area contributed by atoms with Gasteiger partial charge in [0.05, 0.1) is 6.61 Å². The molecule has 0 N–H and O–H groups in total. The van der Waals surface area contributed by atoms with E-state index in [4.69, 9.17) is 4.74 Å². The smallest absolute Gasteiger partial charge is 0.410 e. The fourth-order valence-corrected chi connectivity index (χ4v) is 1.82. The molecule has 0 rings (SSSR count). The first kappa shape index (κ1) is 15.3. The van der Waals surface area contributed by atoms with Crippen molar-refractivity contribution in [3.8, 4) is 0 Å². The lowest BCUT2D eigenvalue weighted by Gasteiger charge is -2.48. The third-order valence-electron chi connectivity index (χ3n) is 3.11. The highest BCUT2D eigenvalue weighted by Gasteiger charge is 2.41. The normalized spacial score (nSPS) is 12.8. The van der Waals surface area contributed by atoms with Crippen molar-refractivity contribution in [2.45, 2.75) is 66.5 Å². The highest BCUT2D eigenvalue weighted by molar-refractivity contribution is 5.69. The second-order valence-corrected chi connectivity index (χ2v) is 6.01. The summed E-state index contributed by atoms with van der Waals surface area (Å²) in [5, 5.41) is 0. The largest absolute Gasteiger partial charge is 0.450 e. The Kier molecular flexibility index (Phi) is 4.84. The molecular weight excluding hydrogens is 202 g/mol. The molecule has 96 valence electrons. The van der Waals surface area contributed by atoms with Gasteiger partial charge in [-0.1, -0.05) is 13.8 Å². The number of carbonyl (C=O) groups excluding carboxylic acids is 1. The van der Waals surface area contributed by atoms with Crippen LogP contribution in [-0.2, 0) is 4.74 Å². The maximum atomic E-state index is 12.0. The van der Waals surface area contributed by atoms with E-state index in [2.05, 4.69) is 27.7 Å². The molecule has 0 aromatic carbocycles. The highest BCUT2D eigenvalue weighted by Crippen LogP contribution is 2.31. The highest BCUT2D eigenvalue weighted by atomic mass is 16.6. The predicted octanol–water partition coefficient (Wildman–Crippen LogP) is 3.68. The molecule has 0 aliphatic heterocycles. The average Bonchev–Trinajstić information content (AvgIpc) is 2.00. The first-order chi connectivity index (χ1) is 7.05. The molecule has 0 aromatic rings. The molecule has 0 saturated heterocycles. The van der Waals surface area contributed by atoms with E-state index in [0.29, 0.717) is 12.5 Å². The molecule has 0 saturated carbocycles. The Balaban J connectivity index is 5.19. The minimum Gasteiger partial charge on any atom is -0.450 e. The summed E-state index contributed by atoms with van der Waals surface area (Å²) >= 11 is 0. The summed E-state index contributed by atoms with van der Waals surface area (Å²) in [6, 6.07) is 0. The second kappa shape index (κ2) is 5.07. The first-order valence-electron chi connectivity index (χ1n) is 6.02. The molecule has 0 fully saturated rings. The van der Waals surface area contributed by atoms with E-state index in [1.54, 1.807) is 0 Å². The lowest BCUT2D eigenvalue weighted by Crippen LogP contribution is -2.59.